The van der Waals surface area contributed by atoms with Gasteiger partial charge in [0.2, 0.25) is 5.91 Å². The molecule has 0 saturated carbocycles. The lowest BCUT2D eigenvalue weighted by molar-refractivity contribution is -0.130. The summed E-state index contributed by atoms with van der Waals surface area (Å²) in [6.07, 6.45) is 0. The lowest BCUT2D eigenvalue weighted by atomic mass is 10.2. The number of amides is 1. The number of benzene rings is 1. The van der Waals surface area contributed by atoms with E-state index in [9.17, 15) is 4.79 Å². The zero-order chi connectivity index (χ0) is 15.9. The van der Waals surface area contributed by atoms with Crippen molar-refractivity contribution in [3.63, 3.8) is 0 Å². The summed E-state index contributed by atoms with van der Waals surface area (Å²) < 4.78 is 5.18. The van der Waals surface area contributed by atoms with Crippen LogP contribution >= 0.6 is 0 Å². The molecule has 1 amide bonds. The molecule has 1 aliphatic rings. The minimum absolute atomic E-state index is 0.204. The summed E-state index contributed by atoms with van der Waals surface area (Å²) in [7, 11) is 1.67. The van der Waals surface area contributed by atoms with Crippen molar-refractivity contribution in [3.05, 3.63) is 24.3 Å². The van der Waals surface area contributed by atoms with Crippen LogP contribution in [0.1, 0.15) is 13.8 Å². The number of carbonyl (C=O) groups is 1. The summed E-state index contributed by atoms with van der Waals surface area (Å²) in [5.74, 6) is 1.64. The van der Waals surface area contributed by atoms with Crippen molar-refractivity contribution in [1.29, 1.82) is 0 Å². The third-order valence-corrected chi connectivity index (χ3v) is 3.90. The molecule has 5 nitrogen and oxygen atoms in total. The van der Waals surface area contributed by atoms with Crippen LogP contribution in [0.4, 0.5) is 5.69 Å². The minimum Gasteiger partial charge on any atom is -0.497 e. The number of hydrogen-bond acceptors (Lipinski definition) is 4. The van der Waals surface area contributed by atoms with Crippen LogP contribution in [0.2, 0.25) is 0 Å². The maximum atomic E-state index is 12.1. The second kappa shape index (κ2) is 8.03. The van der Waals surface area contributed by atoms with Crippen LogP contribution in [-0.4, -0.2) is 57.2 Å². The molecule has 0 unspecified atom stereocenters. The van der Waals surface area contributed by atoms with Crippen LogP contribution in [0.25, 0.3) is 0 Å². The molecule has 1 heterocycles. The fourth-order valence-corrected chi connectivity index (χ4v) is 2.59. The quantitative estimate of drug-likeness (QED) is 0.867. The van der Waals surface area contributed by atoms with Crippen molar-refractivity contribution >= 4 is 11.6 Å². The molecule has 1 N–H and O–H groups in total. The average Bonchev–Trinajstić information content (AvgIpc) is 2.54. The van der Waals surface area contributed by atoms with Gasteiger partial charge >= 0.3 is 0 Å². The smallest absolute Gasteiger partial charge is 0.236 e. The first-order valence-electron chi connectivity index (χ1n) is 7.97. The van der Waals surface area contributed by atoms with E-state index in [2.05, 4.69) is 36.2 Å². The van der Waals surface area contributed by atoms with Gasteiger partial charge in [0.15, 0.2) is 0 Å². The van der Waals surface area contributed by atoms with Gasteiger partial charge in [-0.1, -0.05) is 13.8 Å². The van der Waals surface area contributed by atoms with Crippen LogP contribution < -0.4 is 15.0 Å². The van der Waals surface area contributed by atoms with Crippen LogP contribution in [0.5, 0.6) is 5.75 Å². The molecule has 1 aromatic rings. The van der Waals surface area contributed by atoms with Crippen molar-refractivity contribution in [2.75, 3.05) is 51.3 Å². The van der Waals surface area contributed by atoms with Gasteiger partial charge in [-0.15, -0.1) is 0 Å². The normalized spacial score (nSPS) is 15.3. The first kappa shape index (κ1) is 16.6. The Morgan fingerprint density at radius 3 is 2.36 bits per heavy atom. The average molecular weight is 305 g/mol. The Hall–Kier alpha value is -1.75. The molecule has 1 saturated heterocycles. The molecule has 1 aliphatic heterocycles. The summed E-state index contributed by atoms with van der Waals surface area (Å²) in [4.78, 5) is 16.4. The number of methoxy groups -OCH3 is 1. The molecular formula is C17H27N3O2. The van der Waals surface area contributed by atoms with Crippen LogP contribution in [0, 0.1) is 5.92 Å². The highest BCUT2D eigenvalue weighted by Crippen LogP contribution is 2.20. The molecule has 0 atom stereocenters. The Bertz CT molecular complexity index is 465. The summed E-state index contributed by atoms with van der Waals surface area (Å²) in [6, 6.07) is 8.09. The molecule has 1 fully saturated rings. The van der Waals surface area contributed by atoms with Gasteiger partial charge in [-0.05, 0) is 36.7 Å². The van der Waals surface area contributed by atoms with Gasteiger partial charge in [-0.2, -0.15) is 0 Å². The van der Waals surface area contributed by atoms with Crippen molar-refractivity contribution in [2.24, 2.45) is 5.92 Å². The van der Waals surface area contributed by atoms with E-state index in [1.165, 1.54) is 5.69 Å². The lowest BCUT2D eigenvalue weighted by Gasteiger charge is -2.36. The number of rotatable bonds is 6. The van der Waals surface area contributed by atoms with Crippen molar-refractivity contribution < 1.29 is 9.53 Å². The molecule has 2 rings (SSSR count). The molecular weight excluding hydrogens is 278 g/mol. The number of nitrogens with one attached hydrogen (secondary N) is 1. The fourth-order valence-electron chi connectivity index (χ4n) is 2.59. The second-order valence-corrected chi connectivity index (χ2v) is 6.09. The highest BCUT2D eigenvalue weighted by molar-refractivity contribution is 5.78. The van der Waals surface area contributed by atoms with Crippen LogP contribution in [0.3, 0.4) is 0 Å². The molecule has 0 spiro atoms. The predicted octanol–water partition coefficient (Wildman–Crippen LogP) is 1.59. The van der Waals surface area contributed by atoms with E-state index in [1.54, 1.807) is 7.11 Å². The van der Waals surface area contributed by atoms with Gasteiger partial charge < -0.3 is 19.9 Å². The first-order valence-corrected chi connectivity index (χ1v) is 7.97. The van der Waals surface area contributed by atoms with Gasteiger partial charge in [-0.25, -0.2) is 0 Å². The highest BCUT2D eigenvalue weighted by atomic mass is 16.5. The van der Waals surface area contributed by atoms with Gasteiger partial charge in [0.25, 0.3) is 0 Å². The molecule has 22 heavy (non-hydrogen) atoms. The molecule has 122 valence electrons. The monoisotopic (exact) mass is 305 g/mol. The van der Waals surface area contributed by atoms with E-state index >= 15 is 0 Å². The largest absolute Gasteiger partial charge is 0.497 e. The highest BCUT2D eigenvalue weighted by Gasteiger charge is 2.20. The van der Waals surface area contributed by atoms with Crippen LogP contribution in [-0.2, 0) is 4.79 Å². The van der Waals surface area contributed by atoms with E-state index in [4.69, 9.17) is 4.74 Å². The van der Waals surface area contributed by atoms with Gasteiger partial charge in [0.05, 0.1) is 13.7 Å². The Kier molecular flexibility index (Phi) is 6.07. The topological polar surface area (TPSA) is 44.8 Å². The first-order chi connectivity index (χ1) is 10.6. The SMILES string of the molecule is COc1ccc(N2CCN(C(=O)CNCC(C)C)CC2)cc1. The number of nitrogens with zero attached hydrogens (tertiary/aromatic N) is 2. The molecule has 0 radical (unpaired) electrons. The summed E-state index contributed by atoms with van der Waals surface area (Å²) >= 11 is 0. The lowest BCUT2D eigenvalue weighted by Crippen LogP contribution is -2.51. The molecule has 0 aromatic heterocycles. The number of hydrogen-bond donors (Lipinski definition) is 1. The van der Waals surface area contributed by atoms with Crippen molar-refractivity contribution in [1.82, 2.24) is 10.2 Å². The molecule has 1 aromatic carbocycles. The maximum Gasteiger partial charge on any atom is 0.236 e. The zero-order valence-electron chi connectivity index (χ0n) is 13.8. The summed E-state index contributed by atoms with van der Waals surface area (Å²) in [5.41, 5.74) is 1.19. The number of anilines is 1. The standard InChI is InChI=1S/C17H27N3O2/c1-14(2)12-18-13-17(21)20-10-8-19(9-11-20)15-4-6-16(22-3)7-5-15/h4-7,14,18H,8-13H2,1-3H3. The summed E-state index contributed by atoms with van der Waals surface area (Å²) in [5, 5.41) is 3.22. The number of piperazine rings is 1. The summed E-state index contributed by atoms with van der Waals surface area (Å²) in [6.45, 7) is 8.95. The minimum atomic E-state index is 0.204. The van der Waals surface area contributed by atoms with Gasteiger partial charge in [-0.3, -0.25) is 4.79 Å². The van der Waals surface area contributed by atoms with E-state index in [0.29, 0.717) is 12.5 Å². The second-order valence-electron chi connectivity index (χ2n) is 6.09. The Morgan fingerprint density at radius 1 is 1.18 bits per heavy atom. The van der Waals surface area contributed by atoms with Crippen LogP contribution in [0.15, 0.2) is 24.3 Å². The Morgan fingerprint density at radius 2 is 1.82 bits per heavy atom. The Balaban J connectivity index is 1.78. The zero-order valence-corrected chi connectivity index (χ0v) is 13.8. The molecule has 5 heteroatoms. The van der Waals surface area contributed by atoms with Gasteiger partial charge in [0, 0.05) is 31.9 Å². The van der Waals surface area contributed by atoms with E-state index in [-0.39, 0.29) is 5.91 Å². The van der Waals surface area contributed by atoms with Gasteiger partial charge in [0.1, 0.15) is 5.75 Å². The Labute approximate surface area is 133 Å². The predicted molar refractivity (Wildman–Crippen MR) is 89.5 cm³/mol. The number of ether oxygens (including phenoxy) is 1. The molecule has 0 aliphatic carbocycles. The van der Waals surface area contributed by atoms with Crippen molar-refractivity contribution in [3.8, 4) is 5.75 Å². The fraction of sp³-hybridized carbons (Fsp3) is 0.588. The number of carbonyl (C=O) groups excluding carboxylic acids is 1. The molecule has 0 bridgehead atoms. The van der Waals surface area contributed by atoms with E-state index < -0.39 is 0 Å². The van der Waals surface area contributed by atoms with Crippen molar-refractivity contribution in [2.45, 2.75) is 13.8 Å². The third-order valence-electron chi connectivity index (χ3n) is 3.90. The van der Waals surface area contributed by atoms with E-state index in [1.807, 2.05) is 17.0 Å². The third kappa shape index (κ3) is 4.63. The van der Waals surface area contributed by atoms with E-state index in [0.717, 1.165) is 38.5 Å². The maximum absolute atomic E-state index is 12.1.